The van der Waals surface area contributed by atoms with Crippen molar-refractivity contribution in [1.29, 1.82) is 0 Å². The van der Waals surface area contributed by atoms with E-state index in [4.69, 9.17) is 4.74 Å². The highest BCUT2D eigenvalue weighted by molar-refractivity contribution is 7.20. The molecule has 6 nitrogen and oxygen atoms in total. The van der Waals surface area contributed by atoms with E-state index in [1.54, 1.807) is 36.1 Å². The first-order valence-corrected chi connectivity index (χ1v) is 8.34. The molecule has 0 spiro atoms. The predicted octanol–water partition coefficient (Wildman–Crippen LogP) is 2.42. The molecule has 126 valence electrons. The molecule has 1 atom stereocenters. The lowest BCUT2D eigenvalue weighted by Crippen LogP contribution is -2.27. The summed E-state index contributed by atoms with van der Waals surface area (Å²) in [7, 11) is 3.45. The molecule has 1 amide bonds. The van der Waals surface area contributed by atoms with E-state index in [9.17, 15) is 9.90 Å². The average Bonchev–Trinajstić information content (AvgIpc) is 3.14. The normalized spacial score (nSPS) is 12.3. The van der Waals surface area contributed by atoms with Crippen molar-refractivity contribution in [3.63, 3.8) is 0 Å². The Kier molecular flexibility index (Phi) is 4.55. The second-order valence-electron chi connectivity index (χ2n) is 5.54. The number of hydrogen-bond acceptors (Lipinski definition) is 5. The third-order valence-electron chi connectivity index (χ3n) is 3.88. The molecule has 0 bridgehead atoms. The number of rotatable bonds is 5. The summed E-state index contributed by atoms with van der Waals surface area (Å²) in [6.07, 6.45) is -0.766. The van der Waals surface area contributed by atoms with Gasteiger partial charge in [-0.2, -0.15) is 5.10 Å². The Morgan fingerprint density at radius 3 is 2.75 bits per heavy atom. The van der Waals surface area contributed by atoms with Gasteiger partial charge in [0.25, 0.3) is 5.91 Å². The minimum Gasteiger partial charge on any atom is -0.497 e. The minimum absolute atomic E-state index is 0.149. The third kappa shape index (κ3) is 3.13. The number of hydrogen-bond donors (Lipinski definition) is 2. The number of amides is 1. The molecule has 3 aromatic rings. The van der Waals surface area contributed by atoms with E-state index in [2.05, 4.69) is 10.4 Å². The fourth-order valence-electron chi connectivity index (χ4n) is 2.54. The summed E-state index contributed by atoms with van der Waals surface area (Å²) in [5, 5.41) is 18.3. The monoisotopic (exact) mass is 345 g/mol. The van der Waals surface area contributed by atoms with Gasteiger partial charge in [-0.05, 0) is 30.7 Å². The quantitative estimate of drug-likeness (QED) is 0.744. The van der Waals surface area contributed by atoms with E-state index in [1.807, 2.05) is 20.0 Å². The SMILES string of the molecule is COc1ccc(C(O)CNC(=O)c2cc3c(C)nn(C)c3s2)cc1. The molecule has 0 aliphatic carbocycles. The van der Waals surface area contributed by atoms with Gasteiger partial charge in [0, 0.05) is 19.0 Å². The van der Waals surface area contributed by atoms with Crippen LogP contribution in [-0.2, 0) is 7.05 Å². The number of aliphatic hydroxyl groups is 1. The standard InChI is InChI=1S/C17H19N3O3S/c1-10-13-8-15(24-17(13)20(2)19-10)16(22)18-9-14(21)11-4-6-12(23-3)7-5-11/h4-8,14,21H,9H2,1-3H3,(H,18,22). The largest absolute Gasteiger partial charge is 0.497 e. The topological polar surface area (TPSA) is 76.4 Å². The number of carbonyl (C=O) groups is 1. The first kappa shape index (κ1) is 16.5. The molecule has 0 saturated carbocycles. The molecular weight excluding hydrogens is 326 g/mol. The van der Waals surface area contributed by atoms with Crippen molar-refractivity contribution in [3.05, 3.63) is 46.5 Å². The highest BCUT2D eigenvalue weighted by Gasteiger charge is 2.16. The van der Waals surface area contributed by atoms with Crippen LogP contribution in [0, 0.1) is 6.92 Å². The number of fused-ring (bicyclic) bond motifs is 1. The summed E-state index contributed by atoms with van der Waals surface area (Å²) in [5.74, 6) is 0.535. The zero-order chi connectivity index (χ0) is 17.3. The van der Waals surface area contributed by atoms with Gasteiger partial charge in [-0.25, -0.2) is 0 Å². The van der Waals surface area contributed by atoms with Crippen molar-refractivity contribution in [2.24, 2.45) is 7.05 Å². The van der Waals surface area contributed by atoms with Crippen LogP contribution in [0.5, 0.6) is 5.75 Å². The highest BCUT2D eigenvalue weighted by Crippen LogP contribution is 2.27. The van der Waals surface area contributed by atoms with Gasteiger partial charge in [0.15, 0.2) is 0 Å². The van der Waals surface area contributed by atoms with Crippen molar-refractivity contribution in [2.75, 3.05) is 13.7 Å². The fourth-order valence-corrected chi connectivity index (χ4v) is 3.58. The van der Waals surface area contributed by atoms with Gasteiger partial charge in [0.2, 0.25) is 0 Å². The van der Waals surface area contributed by atoms with Gasteiger partial charge >= 0.3 is 0 Å². The van der Waals surface area contributed by atoms with Gasteiger partial charge in [-0.3, -0.25) is 9.48 Å². The lowest BCUT2D eigenvalue weighted by Gasteiger charge is -2.12. The van der Waals surface area contributed by atoms with Gasteiger partial charge in [0.05, 0.1) is 23.8 Å². The van der Waals surface area contributed by atoms with Crippen LogP contribution in [0.4, 0.5) is 0 Å². The zero-order valence-corrected chi connectivity index (χ0v) is 14.6. The second kappa shape index (κ2) is 6.62. The Balaban J connectivity index is 1.66. The van der Waals surface area contributed by atoms with Crippen molar-refractivity contribution >= 4 is 27.5 Å². The summed E-state index contributed by atoms with van der Waals surface area (Å²) < 4.78 is 6.86. The number of thiophene rings is 1. The molecule has 24 heavy (non-hydrogen) atoms. The van der Waals surface area contributed by atoms with E-state index in [1.165, 1.54) is 11.3 Å². The zero-order valence-electron chi connectivity index (χ0n) is 13.7. The van der Waals surface area contributed by atoms with Crippen molar-refractivity contribution < 1.29 is 14.6 Å². The molecule has 0 fully saturated rings. The maximum absolute atomic E-state index is 12.3. The predicted molar refractivity (Wildman–Crippen MR) is 93.6 cm³/mol. The summed E-state index contributed by atoms with van der Waals surface area (Å²) in [6.45, 7) is 2.07. The number of nitrogens with one attached hydrogen (secondary N) is 1. The van der Waals surface area contributed by atoms with Gasteiger partial charge in [0.1, 0.15) is 10.6 Å². The van der Waals surface area contributed by atoms with Crippen LogP contribution in [0.15, 0.2) is 30.3 Å². The third-order valence-corrected chi connectivity index (χ3v) is 5.08. The molecule has 7 heteroatoms. The summed E-state index contributed by atoms with van der Waals surface area (Å²) in [6, 6.07) is 8.97. The Bertz CT molecular complexity index is 833. The lowest BCUT2D eigenvalue weighted by atomic mass is 10.1. The molecule has 3 rings (SSSR count). The molecule has 0 aliphatic heterocycles. The van der Waals surface area contributed by atoms with Crippen LogP contribution in [0.2, 0.25) is 0 Å². The molecule has 0 aliphatic rings. The van der Waals surface area contributed by atoms with E-state index >= 15 is 0 Å². The molecule has 2 heterocycles. The van der Waals surface area contributed by atoms with E-state index < -0.39 is 6.10 Å². The first-order chi connectivity index (χ1) is 11.5. The summed E-state index contributed by atoms with van der Waals surface area (Å²) >= 11 is 1.40. The molecule has 2 N–H and O–H groups in total. The Morgan fingerprint density at radius 1 is 1.42 bits per heavy atom. The Labute approximate surface area is 143 Å². The lowest BCUT2D eigenvalue weighted by molar-refractivity contribution is 0.0920. The van der Waals surface area contributed by atoms with E-state index in [0.717, 1.165) is 27.2 Å². The van der Waals surface area contributed by atoms with Crippen LogP contribution in [-0.4, -0.2) is 34.4 Å². The number of methoxy groups -OCH3 is 1. The van der Waals surface area contributed by atoms with E-state index in [-0.39, 0.29) is 12.5 Å². The number of benzene rings is 1. The number of carbonyl (C=O) groups excluding carboxylic acids is 1. The summed E-state index contributed by atoms with van der Waals surface area (Å²) in [4.78, 5) is 13.9. The van der Waals surface area contributed by atoms with Crippen LogP contribution in [0.25, 0.3) is 10.2 Å². The Morgan fingerprint density at radius 2 is 2.12 bits per heavy atom. The number of aromatic nitrogens is 2. The summed E-state index contributed by atoms with van der Waals surface area (Å²) in [5.41, 5.74) is 1.63. The smallest absolute Gasteiger partial charge is 0.261 e. The van der Waals surface area contributed by atoms with Crippen LogP contribution in [0.3, 0.4) is 0 Å². The molecule has 1 unspecified atom stereocenters. The second-order valence-corrected chi connectivity index (χ2v) is 6.57. The molecule has 2 aromatic heterocycles. The fraction of sp³-hybridized carbons (Fsp3) is 0.294. The molecular formula is C17H19N3O3S. The number of aliphatic hydroxyl groups excluding tert-OH is 1. The van der Waals surface area contributed by atoms with Crippen LogP contribution in [0.1, 0.15) is 27.0 Å². The average molecular weight is 345 g/mol. The highest BCUT2D eigenvalue weighted by atomic mass is 32.1. The molecule has 0 saturated heterocycles. The van der Waals surface area contributed by atoms with Gasteiger partial charge in [-0.1, -0.05) is 12.1 Å². The van der Waals surface area contributed by atoms with Crippen LogP contribution >= 0.6 is 11.3 Å². The Hall–Kier alpha value is -2.38. The number of ether oxygens (including phenoxy) is 1. The maximum Gasteiger partial charge on any atom is 0.261 e. The molecule has 0 radical (unpaired) electrons. The minimum atomic E-state index is -0.766. The molecule has 1 aromatic carbocycles. The van der Waals surface area contributed by atoms with Crippen molar-refractivity contribution in [1.82, 2.24) is 15.1 Å². The number of nitrogens with zero attached hydrogens (tertiary/aromatic N) is 2. The van der Waals surface area contributed by atoms with Crippen LogP contribution < -0.4 is 10.1 Å². The van der Waals surface area contributed by atoms with Crippen molar-refractivity contribution in [2.45, 2.75) is 13.0 Å². The number of aryl methyl sites for hydroxylation is 2. The first-order valence-electron chi connectivity index (χ1n) is 7.53. The van der Waals surface area contributed by atoms with Gasteiger partial charge < -0.3 is 15.2 Å². The van der Waals surface area contributed by atoms with Crippen molar-refractivity contribution in [3.8, 4) is 5.75 Å². The van der Waals surface area contributed by atoms with E-state index in [0.29, 0.717) is 4.88 Å². The van der Waals surface area contributed by atoms with Gasteiger partial charge in [-0.15, -0.1) is 11.3 Å². The maximum atomic E-state index is 12.3.